The summed E-state index contributed by atoms with van der Waals surface area (Å²) in [6.07, 6.45) is 1.53. The Kier molecular flexibility index (Phi) is 2.43. The van der Waals surface area contributed by atoms with Crippen molar-refractivity contribution in [3.05, 3.63) is 16.1 Å². The Labute approximate surface area is 74.3 Å². The van der Waals surface area contributed by atoms with Crippen molar-refractivity contribution in [1.82, 2.24) is 4.98 Å². The van der Waals surface area contributed by atoms with E-state index in [0.717, 1.165) is 4.88 Å². The second-order valence-corrected chi connectivity index (χ2v) is 3.72. The Morgan fingerprint density at radius 3 is 3.00 bits per heavy atom. The first-order chi connectivity index (χ1) is 5.60. The number of hydrogen-bond donors (Lipinski definition) is 2. The van der Waals surface area contributed by atoms with Gasteiger partial charge in [-0.3, -0.25) is 0 Å². The number of nitriles is 1. The van der Waals surface area contributed by atoms with Crippen molar-refractivity contribution in [3.8, 4) is 6.07 Å². The number of aliphatic hydroxyl groups is 1. The van der Waals surface area contributed by atoms with Gasteiger partial charge in [-0.25, -0.2) is 4.98 Å². The van der Waals surface area contributed by atoms with E-state index in [0.29, 0.717) is 5.01 Å². The topological polar surface area (TPSA) is 82.9 Å². The second-order valence-electron chi connectivity index (χ2n) is 2.60. The van der Waals surface area contributed by atoms with Gasteiger partial charge in [0, 0.05) is 6.20 Å². The van der Waals surface area contributed by atoms with Crippen LogP contribution < -0.4 is 5.73 Å². The van der Waals surface area contributed by atoms with Gasteiger partial charge in [0.2, 0.25) is 0 Å². The molecule has 1 atom stereocenters. The molecule has 12 heavy (non-hydrogen) atoms. The summed E-state index contributed by atoms with van der Waals surface area (Å²) in [5, 5.41) is 17.9. The van der Waals surface area contributed by atoms with E-state index in [4.69, 9.17) is 16.1 Å². The molecule has 0 aromatic carbocycles. The SMILES string of the molecule is CC(N)(C#N)c1ncc(CO)s1. The van der Waals surface area contributed by atoms with E-state index in [1.807, 2.05) is 6.07 Å². The molecule has 1 heterocycles. The van der Waals surface area contributed by atoms with Crippen molar-refractivity contribution in [2.75, 3.05) is 0 Å². The second kappa shape index (κ2) is 3.19. The fourth-order valence-electron chi connectivity index (χ4n) is 0.669. The fourth-order valence-corrected chi connectivity index (χ4v) is 1.45. The lowest BCUT2D eigenvalue weighted by atomic mass is 10.1. The summed E-state index contributed by atoms with van der Waals surface area (Å²) in [4.78, 5) is 4.66. The van der Waals surface area contributed by atoms with E-state index >= 15 is 0 Å². The first kappa shape index (κ1) is 9.13. The van der Waals surface area contributed by atoms with Crippen LogP contribution in [0.15, 0.2) is 6.20 Å². The highest BCUT2D eigenvalue weighted by Crippen LogP contribution is 2.22. The molecule has 64 valence electrons. The first-order valence-corrected chi connectivity index (χ1v) is 4.18. The lowest BCUT2D eigenvalue weighted by molar-refractivity contribution is 0.285. The zero-order chi connectivity index (χ0) is 9.19. The molecule has 5 heteroatoms. The molecule has 1 aromatic heterocycles. The van der Waals surface area contributed by atoms with Gasteiger partial charge in [0.25, 0.3) is 0 Å². The van der Waals surface area contributed by atoms with E-state index in [2.05, 4.69) is 4.98 Å². The number of thiazole rings is 1. The standard InChI is InChI=1S/C7H9N3OS/c1-7(9,4-8)6-10-2-5(3-11)12-6/h2,11H,3,9H2,1H3. The molecule has 0 aliphatic carbocycles. The molecule has 0 radical (unpaired) electrons. The molecule has 0 aliphatic rings. The molecule has 0 saturated heterocycles. The summed E-state index contributed by atoms with van der Waals surface area (Å²) in [6, 6.07) is 1.94. The van der Waals surface area contributed by atoms with Crippen LogP contribution in [0.2, 0.25) is 0 Å². The third kappa shape index (κ3) is 1.61. The van der Waals surface area contributed by atoms with Crippen LogP contribution in [0.25, 0.3) is 0 Å². The van der Waals surface area contributed by atoms with Gasteiger partial charge in [-0.2, -0.15) is 5.26 Å². The molecule has 1 unspecified atom stereocenters. The molecular formula is C7H9N3OS. The highest BCUT2D eigenvalue weighted by molar-refractivity contribution is 7.11. The number of hydrogen-bond acceptors (Lipinski definition) is 5. The monoisotopic (exact) mass is 183 g/mol. The van der Waals surface area contributed by atoms with Gasteiger partial charge < -0.3 is 10.8 Å². The molecule has 0 fully saturated rings. The van der Waals surface area contributed by atoms with Crippen LogP contribution in [0.4, 0.5) is 0 Å². The number of nitrogens with zero attached hydrogens (tertiary/aromatic N) is 2. The van der Waals surface area contributed by atoms with Crippen molar-refractivity contribution in [3.63, 3.8) is 0 Å². The third-order valence-electron chi connectivity index (χ3n) is 1.39. The fraction of sp³-hybridized carbons (Fsp3) is 0.429. The van der Waals surface area contributed by atoms with Crippen LogP contribution in [0, 0.1) is 11.3 Å². The van der Waals surface area contributed by atoms with Crippen molar-refractivity contribution >= 4 is 11.3 Å². The van der Waals surface area contributed by atoms with E-state index in [-0.39, 0.29) is 6.61 Å². The average molecular weight is 183 g/mol. The molecule has 1 aromatic rings. The Balaban J connectivity index is 2.98. The van der Waals surface area contributed by atoms with Gasteiger partial charge in [0.05, 0.1) is 17.6 Å². The number of nitrogens with two attached hydrogens (primary N) is 1. The molecule has 4 nitrogen and oxygen atoms in total. The van der Waals surface area contributed by atoms with Crippen LogP contribution >= 0.6 is 11.3 Å². The Bertz CT molecular complexity index is 313. The van der Waals surface area contributed by atoms with Gasteiger partial charge in [-0.05, 0) is 6.92 Å². The maximum absolute atomic E-state index is 8.74. The largest absolute Gasteiger partial charge is 0.391 e. The van der Waals surface area contributed by atoms with Gasteiger partial charge in [-0.1, -0.05) is 0 Å². The molecular weight excluding hydrogens is 174 g/mol. The number of aromatic nitrogens is 1. The Morgan fingerprint density at radius 1 is 1.92 bits per heavy atom. The van der Waals surface area contributed by atoms with E-state index in [9.17, 15) is 0 Å². The average Bonchev–Trinajstić information content (AvgIpc) is 2.52. The van der Waals surface area contributed by atoms with Gasteiger partial charge >= 0.3 is 0 Å². The molecule has 0 bridgehead atoms. The predicted octanol–water partition coefficient (Wildman–Crippen LogP) is 0.333. The highest BCUT2D eigenvalue weighted by Gasteiger charge is 2.24. The van der Waals surface area contributed by atoms with Crippen molar-refractivity contribution in [2.24, 2.45) is 5.73 Å². The summed E-state index contributed by atoms with van der Waals surface area (Å²) in [6.45, 7) is 1.53. The minimum Gasteiger partial charge on any atom is -0.391 e. The minimum absolute atomic E-state index is 0.0564. The molecule has 0 spiro atoms. The highest BCUT2D eigenvalue weighted by atomic mass is 32.1. The van der Waals surface area contributed by atoms with Gasteiger partial charge in [0.15, 0.2) is 5.54 Å². The van der Waals surface area contributed by atoms with Crippen LogP contribution in [0.1, 0.15) is 16.8 Å². The normalized spacial score (nSPS) is 15.2. The van der Waals surface area contributed by atoms with Crippen LogP contribution in [-0.4, -0.2) is 10.1 Å². The lowest BCUT2D eigenvalue weighted by Crippen LogP contribution is -2.30. The van der Waals surface area contributed by atoms with Crippen molar-refractivity contribution in [1.29, 1.82) is 5.26 Å². The third-order valence-corrected chi connectivity index (χ3v) is 2.61. The molecule has 0 saturated carbocycles. The van der Waals surface area contributed by atoms with Gasteiger partial charge in [-0.15, -0.1) is 11.3 Å². The maximum Gasteiger partial charge on any atom is 0.153 e. The Morgan fingerprint density at radius 2 is 2.58 bits per heavy atom. The quantitative estimate of drug-likeness (QED) is 0.692. The first-order valence-electron chi connectivity index (χ1n) is 3.36. The smallest absolute Gasteiger partial charge is 0.153 e. The number of rotatable bonds is 2. The summed E-state index contributed by atoms with van der Waals surface area (Å²) >= 11 is 1.26. The van der Waals surface area contributed by atoms with Crippen LogP contribution in [-0.2, 0) is 12.1 Å². The molecule has 3 N–H and O–H groups in total. The molecule has 1 rings (SSSR count). The summed E-state index contributed by atoms with van der Waals surface area (Å²) < 4.78 is 0. The van der Waals surface area contributed by atoms with E-state index in [1.54, 1.807) is 6.92 Å². The van der Waals surface area contributed by atoms with E-state index in [1.165, 1.54) is 17.5 Å². The lowest BCUT2D eigenvalue weighted by Gasteiger charge is -2.09. The van der Waals surface area contributed by atoms with E-state index < -0.39 is 5.54 Å². The van der Waals surface area contributed by atoms with Crippen molar-refractivity contribution < 1.29 is 5.11 Å². The van der Waals surface area contributed by atoms with Crippen LogP contribution in [0.5, 0.6) is 0 Å². The Hall–Kier alpha value is -0.960. The van der Waals surface area contributed by atoms with Gasteiger partial charge in [0.1, 0.15) is 5.01 Å². The number of aliphatic hydroxyl groups excluding tert-OH is 1. The maximum atomic E-state index is 8.74. The molecule has 0 amide bonds. The zero-order valence-electron chi connectivity index (χ0n) is 6.61. The van der Waals surface area contributed by atoms with Crippen molar-refractivity contribution in [2.45, 2.75) is 19.1 Å². The minimum atomic E-state index is -1.04. The zero-order valence-corrected chi connectivity index (χ0v) is 7.43. The summed E-state index contributed by atoms with van der Waals surface area (Å²) in [7, 11) is 0. The molecule has 0 aliphatic heterocycles. The summed E-state index contributed by atoms with van der Waals surface area (Å²) in [5.74, 6) is 0. The van der Waals surface area contributed by atoms with Crippen LogP contribution in [0.3, 0.4) is 0 Å². The summed E-state index contributed by atoms with van der Waals surface area (Å²) in [5.41, 5.74) is 4.57. The predicted molar refractivity (Wildman–Crippen MR) is 45.2 cm³/mol.